The number of allylic oxidation sites excluding steroid dienone is 6. The molecule has 0 aliphatic heterocycles. The van der Waals surface area contributed by atoms with Gasteiger partial charge in [-0.05, 0) is 51.4 Å². The molecule has 0 bridgehead atoms. The highest BCUT2D eigenvalue weighted by molar-refractivity contribution is 7.46. The Balaban J connectivity index is 4.02. The van der Waals surface area contributed by atoms with Crippen LogP contribution < -0.4 is 0 Å². The topological polar surface area (TPSA) is 119 Å². The van der Waals surface area contributed by atoms with E-state index in [1.165, 1.54) is 57.8 Å². The van der Waals surface area contributed by atoms with Gasteiger partial charge in [0, 0.05) is 12.8 Å². The summed E-state index contributed by atoms with van der Waals surface area (Å²) in [5, 5.41) is 0. The van der Waals surface area contributed by atoms with Crippen LogP contribution in [0, 0.1) is 0 Å². The summed E-state index contributed by atoms with van der Waals surface area (Å²) < 4.78 is 26.2. The fraction of sp³-hybridized carbons (Fsp3) is 0.771. The maximum atomic E-state index is 12.3. The zero-order valence-electron chi connectivity index (χ0n) is 27.8. The van der Waals surface area contributed by atoms with Crippen molar-refractivity contribution >= 4 is 19.8 Å². The molecule has 0 heterocycles. The van der Waals surface area contributed by atoms with Gasteiger partial charge in [-0.1, -0.05) is 127 Å². The molecule has 0 fully saturated rings. The highest BCUT2D eigenvalue weighted by Gasteiger charge is 2.22. The first-order valence-corrected chi connectivity index (χ1v) is 18.8. The molecule has 0 radical (unpaired) electrons. The molecule has 0 aliphatic carbocycles. The Labute approximate surface area is 268 Å². The molecule has 0 aromatic heterocycles. The van der Waals surface area contributed by atoms with Crippen molar-refractivity contribution in [3.63, 3.8) is 0 Å². The number of carbonyl (C=O) groups is 2. The monoisotopic (exact) mass is 642 g/mol. The molecule has 9 heteroatoms. The van der Waals surface area contributed by atoms with E-state index < -0.39 is 32.5 Å². The minimum atomic E-state index is -4.75. The Morgan fingerprint density at radius 3 is 1.57 bits per heavy atom. The van der Waals surface area contributed by atoms with Gasteiger partial charge in [-0.25, -0.2) is 4.57 Å². The van der Waals surface area contributed by atoms with Crippen molar-refractivity contribution in [1.29, 1.82) is 0 Å². The highest BCUT2D eigenvalue weighted by atomic mass is 31.2. The van der Waals surface area contributed by atoms with Crippen molar-refractivity contribution in [3.8, 4) is 0 Å². The molecule has 0 saturated carbocycles. The van der Waals surface area contributed by atoms with Gasteiger partial charge in [0.1, 0.15) is 6.61 Å². The van der Waals surface area contributed by atoms with Crippen molar-refractivity contribution < 1.29 is 37.9 Å². The molecule has 0 amide bonds. The second-order valence-corrected chi connectivity index (χ2v) is 12.7. The lowest BCUT2D eigenvalue weighted by molar-refractivity contribution is -0.161. The minimum Gasteiger partial charge on any atom is -0.462 e. The van der Waals surface area contributed by atoms with E-state index in [0.717, 1.165) is 57.8 Å². The summed E-state index contributed by atoms with van der Waals surface area (Å²) in [5.41, 5.74) is 0. The second-order valence-electron chi connectivity index (χ2n) is 11.5. The molecule has 0 aliphatic rings. The summed E-state index contributed by atoms with van der Waals surface area (Å²) in [4.78, 5) is 42.5. The van der Waals surface area contributed by atoms with Crippen LogP contribution in [-0.4, -0.2) is 41.0 Å². The van der Waals surface area contributed by atoms with Gasteiger partial charge in [-0.3, -0.25) is 14.1 Å². The normalized spacial score (nSPS) is 12.9. The average Bonchev–Trinajstić information content (AvgIpc) is 2.98. The van der Waals surface area contributed by atoms with Crippen LogP contribution in [-0.2, 0) is 28.2 Å². The van der Waals surface area contributed by atoms with Crippen LogP contribution in [0.2, 0.25) is 0 Å². The Hall–Kier alpha value is -1.73. The van der Waals surface area contributed by atoms with Crippen molar-refractivity contribution in [2.75, 3.05) is 13.2 Å². The van der Waals surface area contributed by atoms with Crippen LogP contribution in [0.4, 0.5) is 0 Å². The molecular formula is C35H63O8P. The third-order valence-corrected chi connectivity index (χ3v) is 7.65. The van der Waals surface area contributed by atoms with Crippen LogP contribution in [0.1, 0.15) is 155 Å². The van der Waals surface area contributed by atoms with E-state index in [1.54, 1.807) is 0 Å². The van der Waals surface area contributed by atoms with E-state index in [2.05, 4.69) is 54.8 Å². The molecule has 0 spiro atoms. The molecular weight excluding hydrogens is 579 g/mol. The molecule has 1 atom stereocenters. The molecule has 0 rings (SSSR count). The van der Waals surface area contributed by atoms with Gasteiger partial charge in [0.15, 0.2) is 6.10 Å². The zero-order chi connectivity index (χ0) is 32.6. The van der Waals surface area contributed by atoms with Crippen LogP contribution in [0.25, 0.3) is 0 Å². The summed E-state index contributed by atoms with van der Waals surface area (Å²) in [7, 11) is -4.75. The number of hydrogen-bond donors (Lipinski definition) is 2. The fourth-order valence-electron chi connectivity index (χ4n) is 4.55. The summed E-state index contributed by atoms with van der Waals surface area (Å²) in [6.45, 7) is 3.59. The number of carbonyl (C=O) groups excluding carboxylic acids is 2. The quantitative estimate of drug-likeness (QED) is 0.0332. The summed E-state index contributed by atoms with van der Waals surface area (Å²) in [6, 6.07) is 0. The molecule has 44 heavy (non-hydrogen) atoms. The van der Waals surface area contributed by atoms with Crippen molar-refractivity contribution in [3.05, 3.63) is 36.5 Å². The van der Waals surface area contributed by atoms with Crippen LogP contribution in [0.3, 0.4) is 0 Å². The van der Waals surface area contributed by atoms with Crippen molar-refractivity contribution in [1.82, 2.24) is 0 Å². The van der Waals surface area contributed by atoms with Crippen molar-refractivity contribution in [2.45, 2.75) is 161 Å². The smallest absolute Gasteiger partial charge is 0.462 e. The van der Waals surface area contributed by atoms with Gasteiger partial charge in [0.05, 0.1) is 6.61 Å². The molecule has 256 valence electrons. The molecule has 8 nitrogen and oxygen atoms in total. The summed E-state index contributed by atoms with van der Waals surface area (Å²) >= 11 is 0. The first kappa shape index (κ1) is 42.3. The number of hydrogen-bond acceptors (Lipinski definition) is 6. The number of rotatable bonds is 31. The minimum absolute atomic E-state index is 0.207. The predicted octanol–water partition coefficient (Wildman–Crippen LogP) is 9.84. The molecule has 0 aromatic carbocycles. The zero-order valence-corrected chi connectivity index (χ0v) is 28.7. The van der Waals surface area contributed by atoms with Gasteiger partial charge < -0.3 is 19.3 Å². The largest absolute Gasteiger partial charge is 0.469 e. The Kier molecular flexibility index (Phi) is 30.0. The van der Waals surface area contributed by atoms with Crippen LogP contribution in [0.15, 0.2) is 36.5 Å². The SMILES string of the molecule is CCCCC/C=C\C/C=C\C/C=C\CCCCCCC(=O)OC[C@H](COP(=O)(O)O)OC(=O)CCCCCCCCCCC. The third-order valence-electron chi connectivity index (χ3n) is 7.16. The standard InChI is InChI=1S/C35H63O8P/c1-3-5-7-9-11-13-14-15-16-17-18-19-20-22-23-25-27-29-34(36)41-31-33(32-42-44(38,39)40)43-35(37)30-28-26-24-21-12-10-8-6-4-2/h11,13,15-16,18-19,33H,3-10,12,14,17,20-32H2,1-2H3,(H2,38,39,40)/b13-11-,16-15-,19-18-/t33-/m1/s1. The fourth-order valence-corrected chi connectivity index (χ4v) is 4.91. The number of unbranched alkanes of at least 4 members (excludes halogenated alkanes) is 15. The van der Waals surface area contributed by atoms with Gasteiger partial charge in [-0.15, -0.1) is 0 Å². The lowest BCUT2D eigenvalue weighted by atomic mass is 10.1. The highest BCUT2D eigenvalue weighted by Crippen LogP contribution is 2.35. The summed E-state index contributed by atoms with van der Waals surface area (Å²) in [6.07, 6.45) is 34.4. The lowest BCUT2D eigenvalue weighted by Crippen LogP contribution is -2.29. The summed E-state index contributed by atoms with van der Waals surface area (Å²) in [5.74, 6) is -0.914. The first-order chi connectivity index (χ1) is 21.3. The van der Waals surface area contributed by atoms with Gasteiger partial charge >= 0.3 is 19.8 Å². The number of ether oxygens (including phenoxy) is 2. The molecule has 2 N–H and O–H groups in total. The first-order valence-electron chi connectivity index (χ1n) is 17.3. The van der Waals surface area contributed by atoms with Crippen molar-refractivity contribution in [2.24, 2.45) is 0 Å². The number of esters is 2. The van der Waals surface area contributed by atoms with Gasteiger partial charge in [0.25, 0.3) is 0 Å². The van der Waals surface area contributed by atoms with Gasteiger partial charge in [0.2, 0.25) is 0 Å². The number of phosphoric ester groups is 1. The van der Waals surface area contributed by atoms with Gasteiger partial charge in [-0.2, -0.15) is 0 Å². The number of phosphoric acid groups is 1. The van der Waals surface area contributed by atoms with Crippen LogP contribution >= 0.6 is 7.82 Å². The van der Waals surface area contributed by atoms with E-state index >= 15 is 0 Å². The maximum absolute atomic E-state index is 12.3. The second kappa shape index (κ2) is 31.3. The average molecular weight is 643 g/mol. The molecule has 0 unspecified atom stereocenters. The Morgan fingerprint density at radius 2 is 1.02 bits per heavy atom. The Bertz CT molecular complexity index is 818. The maximum Gasteiger partial charge on any atom is 0.469 e. The van der Waals surface area contributed by atoms with E-state index in [4.69, 9.17) is 19.3 Å². The van der Waals surface area contributed by atoms with Crippen LogP contribution in [0.5, 0.6) is 0 Å². The van der Waals surface area contributed by atoms with E-state index in [0.29, 0.717) is 12.8 Å². The molecule has 0 saturated heterocycles. The molecule has 0 aromatic rings. The lowest BCUT2D eigenvalue weighted by Gasteiger charge is -2.18. The Morgan fingerprint density at radius 1 is 0.591 bits per heavy atom. The predicted molar refractivity (Wildman–Crippen MR) is 179 cm³/mol. The van der Waals surface area contributed by atoms with E-state index in [-0.39, 0.29) is 19.4 Å². The van der Waals surface area contributed by atoms with E-state index in [9.17, 15) is 14.2 Å². The third kappa shape index (κ3) is 33.2. The van der Waals surface area contributed by atoms with E-state index in [1.807, 2.05) is 0 Å².